The molecule has 0 spiro atoms. The molecule has 4 N–H and O–H groups in total. The third-order valence-electron chi connectivity index (χ3n) is 7.48. The molecule has 5 heteroatoms. The summed E-state index contributed by atoms with van der Waals surface area (Å²) in [5.41, 5.74) is 8.03. The average molecular weight is 380 g/mol. The first-order chi connectivity index (χ1) is 13.6. The van der Waals surface area contributed by atoms with Crippen molar-refractivity contribution in [2.45, 2.75) is 44.4 Å². The number of nitrogens with two attached hydrogens (primary N) is 1. The highest BCUT2D eigenvalue weighted by molar-refractivity contribution is 5.92. The number of aliphatic hydroxyl groups is 1. The number of aliphatic hydroxyl groups excluding tert-OH is 1. The maximum atomic E-state index is 12.8. The van der Waals surface area contributed by atoms with Gasteiger partial charge in [0, 0.05) is 11.9 Å². The number of nitrogens with one attached hydrogen (secondary N) is 1. The molecule has 148 valence electrons. The number of benzene rings is 1. The van der Waals surface area contributed by atoms with Gasteiger partial charge in [0.15, 0.2) is 0 Å². The standard InChI is InChI=1S/C23H29N3O2/c24-22(28)21(23-11-14-8-15(12-23)10-16(9-14)13-23)18-2-1-3-19-17(18)4-5-20(26-19)25-6-7-27/h1-5,14-16,21,27H,6-13H2,(H2,24,28)(H,25,26). The van der Waals surface area contributed by atoms with Gasteiger partial charge in [-0.1, -0.05) is 12.1 Å². The van der Waals surface area contributed by atoms with E-state index in [-0.39, 0.29) is 23.8 Å². The second-order valence-electron chi connectivity index (χ2n) is 9.38. The van der Waals surface area contributed by atoms with Gasteiger partial charge in [-0.15, -0.1) is 0 Å². The fourth-order valence-corrected chi connectivity index (χ4v) is 7.03. The maximum Gasteiger partial charge on any atom is 0.225 e. The number of hydrogen-bond acceptors (Lipinski definition) is 4. The fourth-order valence-electron chi connectivity index (χ4n) is 7.03. The lowest BCUT2D eigenvalue weighted by atomic mass is 9.45. The van der Waals surface area contributed by atoms with Gasteiger partial charge in [0.2, 0.25) is 5.91 Å². The van der Waals surface area contributed by atoms with E-state index in [1.165, 1.54) is 19.3 Å². The molecule has 4 bridgehead atoms. The Morgan fingerprint density at radius 2 is 1.82 bits per heavy atom. The molecule has 28 heavy (non-hydrogen) atoms. The zero-order chi connectivity index (χ0) is 19.3. The summed E-state index contributed by atoms with van der Waals surface area (Å²) < 4.78 is 0. The van der Waals surface area contributed by atoms with Crippen LogP contribution in [0.3, 0.4) is 0 Å². The average Bonchev–Trinajstić information content (AvgIpc) is 2.65. The number of carbonyl (C=O) groups is 1. The lowest BCUT2D eigenvalue weighted by Gasteiger charge is -2.59. The van der Waals surface area contributed by atoms with Gasteiger partial charge < -0.3 is 16.2 Å². The van der Waals surface area contributed by atoms with Crippen molar-refractivity contribution in [3.05, 3.63) is 35.9 Å². The smallest absolute Gasteiger partial charge is 0.225 e. The van der Waals surface area contributed by atoms with Gasteiger partial charge >= 0.3 is 0 Å². The highest BCUT2D eigenvalue weighted by Crippen LogP contribution is 2.64. The second-order valence-corrected chi connectivity index (χ2v) is 9.38. The molecule has 4 aliphatic carbocycles. The van der Waals surface area contributed by atoms with Crippen LogP contribution in [0.2, 0.25) is 0 Å². The van der Waals surface area contributed by atoms with Gasteiger partial charge in [-0.05, 0) is 85.5 Å². The van der Waals surface area contributed by atoms with Crippen molar-refractivity contribution < 1.29 is 9.90 Å². The molecule has 6 rings (SSSR count). The summed E-state index contributed by atoms with van der Waals surface area (Å²) in [6, 6.07) is 10.0. The SMILES string of the molecule is NC(=O)C(c1cccc2nc(NCCO)ccc12)C12CC3CC(CC(C3)C1)C2. The Labute approximate surface area is 165 Å². The van der Waals surface area contributed by atoms with Crippen molar-refractivity contribution in [3.8, 4) is 0 Å². The van der Waals surface area contributed by atoms with Crippen LogP contribution in [-0.2, 0) is 4.79 Å². The molecule has 4 aliphatic rings. The van der Waals surface area contributed by atoms with Crippen LogP contribution in [0.4, 0.5) is 5.82 Å². The summed E-state index contributed by atoms with van der Waals surface area (Å²) in [5, 5.41) is 13.2. The largest absolute Gasteiger partial charge is 0.395 e. The number of rotatable bonds is 6. The molecule has 0 saturated heterocycles. The summed E-state index contributed by atoms with van der Waals surface area (Å²) >= 11 is 0. The van der Waals surface area contributed by atoms with Crippen LogP contribution in [-0.4, -0.2) is 29.1 Å². The second kappa shape index (κ2) is 6.73. The zero-order valence-corrected chi connectivity index (χ0v) is 16.2. The van der Waals surface area contributed by atoms with Crippen LogP contribution in [0, 0.1) is 23.2 Å². The third kappa shape index (κ3) is 2.87. The van der Waals surface area contributed by atoms with Crippen LogP contribution >= 0.6 is 0 Å². The molecule has 0 aliphatic heterocycles. The van der Waals surface area contributed by atoms with Crippen molar-refractivity contribution in [2.75, 3.05) is 18.5 Å². The molecule has 4 saturated carbocycles. The van der Waals surface area contributed by atoms with Gasteiger partial charge in [0.05, 0.1) is 18.0 Å². The lowest BCUT2D eigenvalue weighted by molar-refractivity contribution is -0.130. The van der Waals surface area contributed by atoms with E-state index in [4.69, 9.17) is 10.8 Å². The lowest BCUT2D eigenvalue weighted by Crippen LogP contribution is -2.51. The number of amides is 1. The summed E-state index contributed by atoms with van der Waals surface area (Å²) in [4.78, 5) is 17.5. The number of primary amides is 1. The van der Waals surface area contributed by atoms with E-state index in [0.29, 0.717) is 6.54 Å². The highest BCUT2D eigenvalue weighted by Gasteiger charge is 2.56. The molecule has 1 atom stereocenters. The Hall–Kier alpha value is -2.14. The predicted octanol–water partition coefficient (Wildman–Crippen LogP) is 3.42. The van der Waals surface area contributed by atoms with Crippen molar-refractivity contribution in [2.24, 2.45) is 28.9 Å². The Bertz CT molecular complexity index is 875. The molecule has 4 fully saturated rings. The van der Waals surface area contributed by atoms with E-state index in [0.717, 1.165) is 59.3 Å². The minimum absolute atomic E-state index is 0.0304. The topological polar surface area (TPSA) is 88.2 Å². The van der Waals surface area contributed by atoms with E-state index in [1.807, 2.05) is 24.3 Å². The zero-order valence-electron chi connectivity index (χ0n) is 16.2. The predicted molar refractivity (Wildman–Crippen MR) is 110 cm³/mol. The van der Waals surface area contributed by atoms with E-state index < -0.39 is 0 Å². The maximum absolute atomic E-state index is 12.8. The summed E-state index contributed by atoms with van der Waals surface area (Å²) in [6.45, 7) is 0.533. The molecule has 1 heterocycles. The first-order valence-corrected chi connectivity index (χ1v) is 10.6. The van der Waals surface area contributed by atoms with E-state index in [9.17, 15) is 4.79 Å². The number of aromatic nitrogens is 1. The van der Waals surface area contributed by atoms with Gasteiger partial charge in [-0.25, -0.2) is 4.98 Å². The van der Waals surface area contributed by atoms with Gasteiger partial charge in [0.25, 0.3) is 0 Å². The quantitative estimate of drug-likeness (QED) is 0.717. The Balaban J connectivity index is 1.57. The Morgan fingerprint density at radius 3 is 2.43 bits per heavy atom. The summed E-state index contributed by atoms with van der Waals surface area (Å²) in [5.74, 6) is 2.64. The summed E-state index contributed by atoms with van der Waals surface area (Å²) in [7, 11) is 0. The first kappa shape index (κ1) is 17.9. The molecular weight excluding hydrogens is 350 g/mol. The minimum Gasteiger partial charge on any atom is -0.395 e. The normalized spacial score (nSPS) is 31.8. The number of nitrogens with zero attached hydrogens (tertiary/aromatic N) is 1. The highest BCUT2D eigenvalue weighted by atomic mass is 16.3. The summed E-state index contributed by atoms with van der Waals surface area (Å²) in [6.07, 6.45) is 7.48. The molecule has 1 aromatic carbocycles. The number of hydrogen-bond donors (Lipinski definition) is 3. The van der Waals surface area contributed by atoms with Crippen molar-refractivity contribution in [1.82, 2.24) is 4.98 Å². The van der Waals surface area contributed by atoms with E-state index in [1.54, 1.807) is 0 Å². The Kier molecular flexibility index (Phi) is 4.31. The molecule has 1 aromatic heterocycles. The van der Waals surface area contributed by atoms with Crippen LogP contribution < -0.4 is 11.1 Å². The van der Waals surface area contributed by atoms with E-state index >= 15 is 0 Å². The van der Waals surface area contributed by atoms with Crippen molar-refractivity contribution in [3.63, 3.8) is 0 Å². The van der Waals surface area contributed by atoms with Crippen LogP contribution in [0.25, 0.3) is 10.9 Å². The minimum atomic E-state index is -0.234. The van der Waals surface area contributed by atoms with Gasteiger partial charge in [-0.2, -0.15) is 0 Å². The van der Waals surface area contributed by atoms with Crippen LogP contribution in [0.5, 0.6) is 0 Å². The van der Waals surface area contributed by atoms with Gasteiger partial charge in [0.1, 0.15) is 5.82 Å². The number of pyridine rings is 1. The van der Waals surface area contributed by atoms with Crippen molar-refractivity contribution >= 4 is 22.6 Å². The molecule has 0 radical (unpaired) electrons. The number of carbonyl (C=O) groups excluding carboxylic acids is 1. The van der Waals surface area contributed by atoms with Gasteiger partial charge in [-0.3, -0.25) is 4.79 Å². The van der Waals surface area contributed by atoms with Crippen molar-refractivity contribution in [1.29, 1.82) is 0 Å². The monoisotopic (exact) mass is 379 g/mol. The molecule has 2 aromatic rings. The molecule has 1 amide bonds. The van der Waals surface area contributed by atoms with E-state index in [2.05, 4.69) is 16.4 Å². The third-order valence-corrected chi connectivity index (χ3v) is 7.48. The molecule has 1 unspecified atom stereocenters. The number of anilines is 1. The molecule has 5 nitrogen and oxygen atoms in total. The fraction of sp³-hybridized carbons (Fsp3) is 0.565. The van der Waals surface area contributed by atoms with Crippen LogP contribution in [0.1, 0.15) is 50.0 Å². The number of fused-ring (bicyclic) bond motifs is 1. The molecular formula is C23H29N3O2. The van der Waals surface area contributed by atoms with Crippen LogP contribution in [0.15, 0.2) is 30.3 Å². The first-order valence-electron chi connectivity index (χ1n) is 10.6. The Morgan fingerprint density at radius 1 is 1.14 bits per heavy atom.